The monoisotopic (exact) mass is 620 g/mol. The zero-order valence-electron chi connectivity index (χ0n) is 22.5. The van der Waals surface area contributed by atoms with Crippen LogP contribution >= 0.6 is 0 Å². The number of aromatic nitrogens is 3. The third-order valence-electron chi connectivity index (χ3n) is 6.48. The lowest BCUT2D eigenvalue weighted by atomic mass is 9.95. The normalized spacial score (nSPS) is 18.7. The molecule has 0 saturated carbocycles. The van der Waals surface area contributed by atoms with Crippen molar-refractivity contribution in [1.82, 2.24) is 20.3 Å². The Morgan fingerprint density at radius 3 is 2.58 bits per heavy atom. The number of pyridine rings is 1. The van der Waals surface area contributed by atoms with E-state index in [4.69, 9.17) is 4.74 Å². The third kappa shape index (κ3) is 7.17. The number of hydrogen-bond donors (Lipinski definition) is 3. The van der Waals surface area contributed by atoms with Gasteiger partial charge in [0.2, 0.25) is 27.7 Å². The van der Waals surface area contributed by atoms with Crippen LogP contribution < -0.4 is 20.1 Å². The highest BCUT2D eigenvalue weighted by Crippen LogP contribution is 2.36. The maximum absolute atomic E-state index is 15.1. The van der Waals surface area contributed by atoms with Crippen LogP contribution in [0, 0.1) is 23.3 Å². The largest absolute Gasteiger partial charge is 0.435 e. The summed E-state index contributed by atoms with van der Waals surface area (Å²) in [6, 6.07) is 9.65. The summed E-state index contributed by atoms with van der Waals surface area (Å²) in [5, 5.41) is 6.06. The highest BCUT2D eigenvalue weighted by Gasteiger charge is 2.32. The molecule has 0 unspecified atom stereocenters. The van der Waals surface area contributed by atoms with Crippen LogP contribution in [0.4, 0.5) is 33.6 Å². The van der Waals surface area contributed by atoms with E-state index in [0.29, 0.717) is 12.6 Å². The molecule has 1 saturated heterocycles. The predicted octanol–water partition coefficient (Wildman–Crippen LogP) is 5.33. The van der Waals surface area contributed by atoms with Gasteiger partial charge >= 0.3 is 0 Å². The first kappa shape index (κ1) is 30.1. The van der Waals surface area contributed by atoms with Crippen molar-refractivity contribution in [2.75, 3.05) is 23.1 Å². The summed E-state index contributed by atoms with van der Waals surface area (Å²) in [6.45, 7) is 2.20. The van der Waals surface area contributed by atoms with Crippen molar-refractivity contribution < 1.29 is 35.1 Å². The van der Waals surface area contributed by atoms with Crippen molar-refractivity contribution in [2.24, 2.45) is 0 Å². The van der Waals surface area contributed by atoms with Gasteiger partial charge in [0, 0.05) is 49.6 Å². The van der Waals surface area contributed by atoms with Crippen LogP contribution in [0.25, 0.3) is 11.3 Å². The fourth-order valence-corrected chi connectivity index (χ4v) is 5.77. The van der Waals surface area contributed by atoms with Gasteiger partial charge < -0.3 is 15.4 Å². The Hall–Kier alpha value is -4.37. The van der Waals surface area contributed by atoms with Crippen LogP contribution in [-0.4, -0.2) is 48.2 Å². The number of nitrogens with one attached hydrogen (secondary N) is 3. The molecule has 43 heavy (non-hydrogen) atoms. The number of rotatable bonds is 9. The van der Waals surface area contributed by atoms with E-state index in [1.54, 1.807) is 4.72 Å². The number of anilines is 2. The molecule has 1 aliphatic heterocycles. The number of sulfonamides is 1. The van der Waals surface area contributed by atoms with Gasteiger partial charge in [-0.25, -0.2) is 40.9 Å². The molecule has 9 nitrogen and oxygen atoms in total. The summed E-state index contributed by atoms with van der Waals surface area (Å²) in [4.78, 5) is 12.6. The first-order valence-electron chi connectivity index (χ1n) is 12.9. The van der Waals surface area contributed by atoms with Crippen LogP contribution in [0.5, 0.6) is 11.6 Å². The molecular weight excluding hydrogens is 595 g/mol. The quantitative estimate of drug-likeness (QED) is 0.170. The first-order chi connectivity index (χ1) is 20.4. The van der Waals surface area contributed by atoms with Gasteiger partial charge in [-0.05, 0) is 31.2 Å². The van der Waals surface area contributed by atoms with E-state index >= 15 is 4.39 Å². The Labute approximate surface area is 243 Å². The van der Waals surface area contributed by atoms with Crippen LogP contribution in [0.15, 0.2) is 60.9 Å². The number of piperidine rings is 1. The van der Waals surface area contributed by atoms with E-state index in [1.807, 2.05) is 0 Å². The molecule has 0 amide bonds. The molecule has 0 bridgehead atoms. The van der Waals surface area contributed by atoms with E-state index in [2.05, 4.69) is 25.6 Å². The summed E-state index contributed by atoms with van der Waals surface area (Å²) in [5.41, 5.74) is -2.50. The zero-order chi connectivity index (χ0) is 30.8. The molecule has 4 aromatic rings. The standard InChI is InChI=1S/C28H25F5N6O3S/c1-28(33)12-17(13-34-15-28)37-27-36-10-8-21(38-27)18-6-4-9-35-26(18)42-22-11-20(30)25(24(32)23(22)31)39-43(40,41)14-16-5-2-3-7-19(16)29/h2-11,17,34,39H,12-15H2,1H3,(H,36,37,38)/t17-,28-/m0/s1. The van der Waals surface area contributed by atoms with Gasteiger partial charge in [-0.2, -0.15) is 4.39 Å². The van der Waals surface area contributed by atoms with Gasteiger partial charge in [0.15, 0.2) is 17.4 Å². The number of ether oxygens (including phenoxy) is 1. The second-order valence-corrected chi connectivity index (χ2v) is 11.8. The molecule has 5 rings (SSSR count). The Kier molecular flexibility index (Phi) is 8.46. The summed E-state index contributed by atoms with van der Waals surface area (Å²) >= 11 is 0. The number of alkyl halides is 1. The van der Waals surface area contributed by atoms with Crippen molar-refractivity contribution in [1.29, 1.82) is 0 Å². The zero-order valence-corrected chi connectivity index (χ0v) is 23.4. The molecule has 2 atom stereocenters. The van der Waals surface area contributed by atoms with Crippen molar-refractivity contribution >= 4 is 21.7 Å². The lowest BCUT2D eigenvalue weighted by molar-refractivity contribution is 0.137. The minimum atomic E-state index is -4.54. The molecule has 0 radical (unpaired) electrons. The maximum Gasteiger partial charge on any atom is 0.237 e. The highest BCUT2D eigenvalue weighted by atomic mass is 32.2. The predicted molar refractivity (Wildman–Crippen MR) is 149 cm³/mol. The Morgan fingerprint density at radius 1 is 1.02 bits per heavy atom. The minimum absolute atomic E-state index is 0.173. The van der Waals surface area contributed by atoms with Gasteiger partial charge in [-0.1, -0.05) is 18.2 Å². The third-order valence-corrected chi connectivity index (χ3v) is 7.69. The van der Waals surface area contributed by atoms with Crippen LogP contribution in [0.3, 0.4) is 0 Å². The average Bonchev–Trinajstić information content (AvgIpc) is 2.95. The van der Waals surface area contributed by atoms with Crippen LogP contribution in [0.2, 0.25) is 0 Å². The van der Waals surface area contributed by atoms with Crippen LogP contribution in [-0.2, 0) is 15.8 Å². The molecule has 226 valence electrons. The lowest BCUT2D eigenvalue weighted by Crippen LogP contribution is -2.50. The SMILES string of the molecule is C[C@@]1(F)CNC[C@@H](Nc2nccc(-c3cccnc3Oc3cc(F)c(NS(=O)(=O)Cc4ccccc4F)c(F)c3F)n2)C1. The number of hydrogen-bond acceptors (Lipinski definition) is 8. The van der Waals surface area contributed by atoms with Crippen molar-refractivity contribution in [3.05, 3.63) is 89.8 Å². The fraction of sp³-hybridized carbons (Fsp3) is 0.250. The molecule has 0 aliphatic carbocycles. The van der Waals surface area contributed by atoms with E-state index < -0.39 is 56.2 Å². The van der Waals surface area contributed by atoms with Gasteiger partial charge in [0.1, 0.15) is 17.2 Å². The van der Waals surface area contributed by atoms with Crippen LogP contribution in [0.1, 0.15) is 18.9 Å². The molecule has 2 aromatic carbocycles. The topological polar surface area (TPSA) is 118 Å². The molecule has 3 heterocycles. The summed E-state index contributed by atoms with van der Waals surface area (Å²) < 4.78 is 105. The fourth-order valence-electron chi connectivity index (χ4n) is 4.55. The van der Waals surface area contributed by atoms with Gasteiger partial charge in [-0.15, -0.1) is 0 Å². The van der Waals surface area contributed by atoms with E-state index in [1.165, 1.54) is 55.7 Å². The van der Waals surface area contributed by atoms with Gasteiger partial charge in [0.25, 0.3) is 0 Å². The first-order valence-corrected chi connectivity index (χ1v) is 14.6. The maximum atomic E-state index is 15.1. The van der Waals surface area contributed by atoms with E-state index in [0.717, 1.165) is 6.07 Å². The molecule has 2 aromatic heterocycles. The highest BCUT2D eigenvalue weighted by molar-refractivity contribution is 7.91. The summed E-state index contributed by atoms with van der Waals surface area (Å²) in [7, 11) is -4.54. The smallest absolute Gasteiger partial charge is 0.237 e. The van der Waals surface area contributed by atoms with Crippen molar-refractivity contribution in [3.63, 3.8) is 0 Å². The Bertz CT molecular complexity index is 1760. The van der Waals surface area contributed by atoms with Gasteiger partial charge in [0.05, 0.1) is 17.0 Å². The second kappa shape index (κ2) is 12.1. The number of halogens is 5. The van der Waals surface area contributed by atoms with Crippen molar-refractivity contribution in [3.8, 4) is 22.9 Å². The van der Waals surface area contributed by atoms with Crippen molar-refractivity contribution in [2.45, 2.75) is 30.8 Å². The molecular formula is C28H25F5N6O3S. The van der Waals surface area contributed by atoms with Gasteiger partial charge in [-0.3, -0.25) is 4.72 Å². The Balaban J connectivity index is 1.38. The lowest BCUT2D eigenvalue weighted by Gasteiger charge is -2.33. The molecule has 3 N–H and O–H groups in total. The average molecular weight is 621 g/mol. The van der Waals surface area contributed by atoms with E-state index in [-0.39, 0.29) is 47.7 Å². The molecule has 1 aliphatic rings. The minimum Gasteiger partial charge on any atom is -0.435 e. The molecule has 1 fully saturated rings. The summed E-state index contributed by atoms with van der Waals surface area (Å²) in [5.74, 6) is -7.87. The second-order valence-electron chi connectivity index (χ2n) is 10.1. The number of nitrogens with zero attached hydrogens (tertiary/aromatic N) is 3. The Morgan fingerprint density at radius 2 is 1.81 bits per heavy atom. The molecule has 15 heteroatoms. The summed E-state index contributed by atoms with van der Waals surface area (Å²) in [6.07, 6.45) is 2.94. The van der Waals surface area contributed by atoms with E-state index in [9.17, 15) is 26.0 Å². The molecule has 0 spiro atoms. The number of benzene rings is 2.